The Morgan fingerprint density at radius 2 is 1.93 bits per heavy atom. The number of carbonyl (C=O) groups is 1. The molecular formula is C11H17NO2. The molecule has 1 amide bonds. The maximum absolute atomic E-state index is 12.0. The van der Waals surface area contributed by atoms with Gasteiger partial charge in [-0.3, -0.25) is 4.79 Å². The zero-order chi connectivity index (χ0) is 9.71. The molecular weight excluding hydrogens is 178 g/mol. The number of amides is 1. The van der Waals surface area contributed by atoms with E-state index in [0.29, 0.717) is 30.2 Å². The van der Waals surface area contributed by atoms with Gasteiger partial charge in [-0.2, -0.15) is 0 Å². The number of rotatable bonds is 1. The molecule has 3 fully saturated rings. The van der Waals surface area contributed by atoms with Crippen LogP contribution < -0.4 is 0 Å². The minimum absolute atomic E-state index is 0.266. The Balaban J connectivity index is 1.61. The van der Waals surface area contributed by atoms with Gasteiger partial charge in [0.15, 0.2) is 0 Å². The molecule has 2 saturated carbocycles. The van der Waals surface area contributed by atoms with Crippen LogP contribution in [0.25, 0.3) is 0 Å². The largest absolute Gasteiger partial charge is 0.391 e. The molecule has 1 N–H and O–H groups in total. The van der Waals surface area contributed by atoms with Gasteiger partial charge >= 0.3 is 0 Å². The Hall–Kier alpha value is -0.570. The Morgan fingerprint density at radius 3 is 2.50 bits per heavy atom. The summed E-state index contributed by atoms with van der Waals surface area (Å²) in [6, 6.07) is 0. The topological polar surface area (TPSA) is 40.5 Å². The molecule has 3 aliphatic rings. The first-order chi connectivity index (χ1) is 6.77. The number of likely N-dealkylation sites (tertiary alicyclic amines) is 1. The van der Waals surface area contributed by atoms with E-state index in [0.717, 1.165) is 13.0 Å². The van der Waals surface area contributed by atoms with E-state index in [4.69, 9.17) is 0 Å². The van der Waals surface area contributed by atoms with Crippen LogP contribution in [0.4, 0.5) is 0 Å². The molecule has 14 heavy (non-hydrogen) atoms. The Kier molecular flexibility index (Phi) is 1.84. The summed E-state index contributed by atoms with van der Waals surface area (Å²) in [4.78, 5) is 13.9. The highest BCUT2D eigenvalue weighted by molar-refractivity contribution is 5.82. The second-order valence-corrected chi connectivity index (χ2v) is 5.01. The molecule has 78 valence electrons. The van der Waals surface area contributed by atoms with Gasteiger partial charge in [-0.15, -0.1) is 0 Å². The molecule has 3 rings (SSSR count). The van der Waals surface area contributed by atoms with Crippen molar-refractivity contribution in [2.45, 2.75) is 31.8 Å². The molecule has 0 aromatic heterocycles. The van der Waals surface area contributed by atoms with E-state index in [1.807, 2.05) is 4.90 Å². The molecule has 3 atom stereocenters. The van der Waals surface area contributed by atoms with Gasteiger partial charge in [0, 0.05) is 19.0 Å². The van der Waals surface area contributed by atoms with E-state index < -0.39 is 0 Å². The molecule has 1 aliphatic heterocycles. The molecule has 0 aromatic rings. The van der Waals surface area contributed by atoms with Crippen molar-refractivity contribution in [3.63, 3.8) is 0 Å². The molecule has 3 heteroatoms. The number of β-amino-alcohol motifs (C(OH)–C–C–N with tert-alkyl or cyclic N) is 1. The molecule has 0 aromatic carbocycles. The third-order valence-corrected chi connectivity index (χ3v) is 4.17. The second kappa shape index (κ2) is 2.96. The first-order valence-electron chi connectivity index (χ1n) is 5.74. The quantitative estimate of drug-likeness (QED) is 0.666. The molecule has 3 nitrogen and oxygen atoms in total. The normalized spacial score (nSPS) is 45.4. The first-order valence-corrected chi connectivity index (χ1v) is 5.74. The lowest BCUT2D eigenvalue weighted by Gasteiger charge is -2.16. The summed E-state index contributed by atoms with van der Waals surface area (Å²) in [6.45, 7) is 1.35. The van der Waals surface area contributed by atoms with Crippen LogP contribution in [0.1, 0.15) is 25.7 Å². The van der Waals surface area contributed by atoms with E-state index in [-0.39, 0.29) is 6.10 Å². The third kappa shape index (κ3) is 1.18. The minimum atomic E-state index is -0.266. The van der Waals surface area contributed by atoms with Crippen molar-refractivity contribution in [2.24, 2.45) is 17.8 Å². The number of fused-ring (bicyclic) bond motifs is 1. The number of aliphatic hydroxyl groups is 1. The number of nitrogens with zero attached hydrogens (tertiary/aromatic N) is 1. The fourth-order valence-electron chi connectivity index (χ4n) is 3.34. The number of hydrogen-bond donors (Lipinski definition) is 1. The van der Waals surface area contributed by atoms with E-state index in [9.17, 15) is 9.90 Å². The summed E-state index contributed by atoms with van der Waals surface area (Å²) in [5.74, 6) is 2.09. The summed E-state index contributed by atoms with van der Waals surface area (Å²) in [7, 11) is 0. The number of aliphatic hydroxyl groups excluding tert-OH is 1. The van der Waals surface area contributed by atoms with Crippen LogP contribution in [0.2, 0.25) is 0 Å². The predicted octanol–water partition coefficient (Wildman–Crippen LogP) is 0.626. The van der Waals surface area contributed by atoms with Crippen LogP contribution in [0, 0.1) is 17.8 Å². The average molecular weight is 195 g/mol. The SMILES string of the molecule is O=C(C1C2CCCC21)N1CCC(O)C1. The highest BCUT2D eigenvalue weighted by Crippen LogP contribution is 2.58. The molecule has 3 unspecified atom stereocenters. The standard InChI is InChI=1S/C11H17NO2/c13-7-4-5-12(6-7)11(14)10-8-2-1-3-9(8)10/h7-10,13H,1-6H2. The van der Waals surface area contributed by atoms with Crippen molar-refractivity contribution in [3.8, 4) is 0 Å². The predicted molar refractivity (Wildman–Crippen MR) is 51.5 cm³/mol. The van der Waals surface area contributed by atoms with Gasteiger partial charge < -0.3 is 10.0 Å². The first kappa shape index (κ1) is 8.72. The Labute approximate surface area is 84.1 Å². The van der Waals surface area contributed by atoms with Gasteiger partial charge in [-0.25, -0.2) is 0 Å². The molecule has 0 spiro atoms. The van der Waals surface area contributed by atoms with E-state index in [2.05, 4.69) is 0 Å². The van der Waals surface area contributed by atoms with E-state index in [1.54, 1.807) is 0 Å². The van der Waals surface area contributed by atoms with Crippen molar-refractivity contribution in [2.75, 3.05) is 13.1 Å². The van der Waals surface area contributed by atoms with E-state index in [1.165, 1.54) is 19.3 Å². The third-order valence-electron chi connectivity index (χ3n) is 4.17. The van der Waals surface area contributed by atoms with Crippen LogP contribution in [-0.2, 0) is 4.79 Å². The van der Waals surface area contributed by atoms with Crippen molar-refractivity contribution in [1.82, 2.24) is 4.90 Å². The van der Waals surface area contributed by atoms with Gasteiger partial charge in [0.2, 0.25) is 5.91 Å². The lowest BCUT2D eigenvalue weighted by molar-refractivity contribution is -0.132. The van der Waals surface area contributed by atoms with Crippen LogP contribution in [0.5, 0.6) is 0 Å². The summed E-state index contributed by atoms with van der Waals surface area (Å²) < 4.78 is 0. The fourth-order valence-corrected chi connectivity index (χ4v) is 3.34. The van der Waals surface area contributed by atoms with Crippen LogP contribution in [-0.4, -0.2) is 35.1 Å². The van der Waals surface area contributed by atoms with Gasteiger partial charge in [0.25, 0.3) is 0 Å². The van der Waals surface area contributed by atoms with Crippen LogP contribution in [0.3, 0.4) is 0 Å². The van der Waals surface area contributed by atoms with E-state index >= 15 is 0 Å². The molecule has 1 saturated heterocycles. The highest BCUT2D eigenvalue weighted by atomic mass is 16.3. The Bertz CT molecular complexity index is 252. The molecule has 0 radical (unpaired) electrons. The van der Waals surface area contributed by atoms with Crippen molar-refractivity contribution in [1.29, 1.82) is 0 Å². The van der Waals surface area contributed by atoms with Crippen LogP contribution in [0.15, 0.2) is 0 Å². The highest BCUT2D eigenvalue weighted by Gasteiger charge is 2.57. The fraction of sp³-hybridized carbons (Fsp3) is 0.909. The number of carbonyl (C=O) groups excluding carboxylic acids is 1. The monoisotopic (exact) mass is 195 g/mol. The summed E-state index contributed by atoms with van der Waals surface area (Å²) in [6.07, 6.45) is 4.35. The number of hydrogen-bond acceptors (Lipinski definition) is 2. The molecule has 2 aliphatic carbocycles. The van der Waals surface area contributed by atoms with Crippen molar-refractivity contribution >= 4 is 5.91 Å². The second-order valence-electron chi connectivity index (χ2n) is 5.01. The van der Waals surface area contributed by atoms with Gasteiger partial charge in [-0.05, 0) is 31.1 Å². The van der Waals surface area contributed by atoms with Crippen molar-refractivity contribution < 1.29 is 9.90 Å². The van der Waals surface area contributed by atoms with Crippen LogP contribution >= 0.6 is 0 Å². The summed E-state index contributed by atoms with van der Waals surface area (Å²) in [5.41, 5.74) is 0. The zero-order valence-electron chi connectivity index (χ0n) is 8.35. The lowest BCUT2D eigenvalue weighted by atomic mass is 10.1. The van der Waals surface area contributed by atoms with Gasteiger partial charge in [0.05, 0.1) is 6.10 Å². The molecule has 0 bridgehead atoms. The average Bonchev–Trinajstić information content (AvgIpc) is 2.56. The smallest absolute Gasteiger partial charge is 0.226 e. The maximum Gasteiger partial charge on any atom is 0.226 e. The summed E-state index contributed by atoms with van der Waals surface area (Å²) >= 11 is 0. The Morgan fingerprint density at radius 1 is 1.21 bits per heavy atom. The zero-order valence-corrected chi connectivity index (χ0v) is 8.35. The molecule has 1 heterocycles. The van der Waals surface area contributed by atoms with Gasteiger partial charge in [0.1, 0.15) is 0 Å². The summed E-state index contributed by atoms with van der Waals surface area (Å²) in [5, 5.41) is 9.36. The maximum atomic E-state index is 12.0. The van der Waals surface area contributed by atoms with Crippen molar-refractivity contribution in [3.05, 3.63) is 0 Å². The van der Waals surface area contributed by atoms with Gasteiger partial charge in [-0.1, -0.05) is 6.42 Å². The minimum Gasteiger partial charge on any atom is -0.391 e. The lowest BCUT2D eigenvalue weighted by Crippen LogP contribution is -2.32.